The number of nitrogens with two attached hydrogens (primary N) is 1. The zero-order valence-corrected chi connectivity index (χ0v) is 15.3. The molecule has 0 aliphatic carbocycles. The molecule has 2 aromatic rings. The number of rotatable bonds is 5. The Labute approximate surface area is 164 Å². The van der Waals surface area contributed by atoms with E-state index in [0.717, 1.165) is 5.17 Å². The molecule has 0 spiro atoms. The van der Waals surface area contributed by atoms with Crippen molar-refractivity contribution in [3.8, 4) is 0 Å². The van der Waals surface area contributed by atoms with Gasteiger partial charge in [-0.2, -0.15) is 13.2 Å². The average molecular weight is 410 g/mol. The molecule has 1 aliphatic heterocycles. The molecule has 1 aliphatic rings. The number of alkyl halides is 3. The van der Waals surface area contributed by atoms with E-state index in [4.69, 9.17) is 10.6 Å². The van der Waals surface area contributed by atoms with Crippen LogP contribution in [0.3, 0.4) is 0 Å². The number of nitrogens with one attached hydrogen (secondary N) is 1. The molecule has 1 atom stereocenters. The maximum Gasteiger partial charge on any atom is 0.413 e. The molecule has 2 amide bonds. The van der Waals surface area contributed by atoms with Crippen molar-refractivity contribution in [2.24, 2.45) is 5.73 Å². The van der Waals surface area contributed by atoms with Crippen molar-refractivity contribution in [2.75, 3.05) is 11.6 Å². The number of hydrazine groups is 1. The zero-order chi connectivity index (χ0) is 21.2. The van der Waals surface area contributed by atoms with Crippen molar-refractivity contribution >= 4 is 11.7 Å². The summed E-state index contributed by atoms with van der Waals surface area (Å²) in [6.45, 7) is 0.0529. The molecule has 0 saturated carbocycles. The highest BCUT2D eigenvalue weighted by Crippen LogP contribution is 2.42. The van der Waals surface area contributed by atoms with Crippen LogP contribution in [0.25, 0.3) is 0 Å². The summed E-state index contributed by atoms with van der Waals surface area (Å²) in [6.07, 6.45) is -4.59. The lowest BCUT2D eigenvalue weighted by atomic mass is 10.0. The molecule has 1 unspecified atom stereocenters. The van der Waals surface area contributed by atoms with Crippen LogP contribution in [-0.4, -0.2) is 24.0 Å². The van der Waals surface area contributed by atoms with Gasteiger partial charge < -0.3 is 5.73 Å². The molecule has 29 heavy (non-hydrogen) atoms. The molecule has 0 saturated heterocycles. The van der Waals surface area contributed by atoms with Gasteiger partial charge in [0.15, 0.2) is 6.61 Å². The molecule has 6 nitrogen and oxygen atoms in total. The number of hydrogen-bond donors (Lipinski definition) is 2. The number of para-hydroxylation sites is 1. The fraction of sp³-hybridized carbons (Fsp3) is 0.211. The predicted octanol–water partition coefficient (Wildman–Crippen LogP) is 4.00. The highest BCUT2D eigenvalue weighted by molar-refractivity contribution is 5.75. The van der Waals surface area contributed by atoms with Crippen LogP contribution in [0.4, 0.5) is 28.0 Å². The number of amides is 2. The number of benzene rings is 2. The molecule has 1 heterocycles. The van der Waals surface area contributed by atoms with Crippen molar-refractivity contribution in [2.45, 2.75) is 19.1 Å². The predicted molar refractivity (Wildman–Crippen MR) is 97.3 cm³/mol. The number of carbonyl (C=O) groups excluding carboxylic acids is 1. The number of urea groups is 1. The van der Waals surface area contributed by atoms with E-state index in [2.05, 4.69) is 5.32 Å². The minimum absolute atomic E-state index is 0.153. The first-order chi connectivity index (χ1) is 13.7. The highest BCUT2D eigenvalue weighted by atomic mass is 19.4. The minimum atomic E-state index is -4.59. The molecule has 2 aromatic carbocycles. The van der Waals surface area contributed by atoms with Crippen LogP contribution in [-0.2, 0) is 4.84 Å². The quantitative estimate of drug-likeness (QED) is 0.731. The summed E-state index contributed by atoms with van der Waals surface area (Å²) in [4.78, 5) is 16.7. The molecule has 3 rings (SSSR count). The van der Waals surface area contributed by atoms with Crippen LogP contribution < -0.4 is 16.1 Å². The second-order valence-corrected chi connectivity index (χ2v) is 6.31. The van der Waals surface area contributed by atoms with Crippen LogP contribution >= 0.6 is 0 Å². The number of nitrogens with zero attached hydrogens (tertiary/aromatic N) is 2. The summed E-state index contributed by atoms with van der Waals surface area (Å²) >= 11 is 0. The first kappa shape index (κ1) is 20.6. The van der Waals surface area contributed by atoms with Crippen molar-refractivity contribution in [1.29, 1.82) is 0 Å². The average Bonchev–Trinajstić information content (AvgIpc) is 2.92. The Kier molecular flexibility index (Phi) is 5.76. The Hall–Kier alpha value is -3.11. The molecule has 3 N–H and O–H groups in total. The van der Waals surface area contributed by atoms with Gasteiger partial charge in [0.05, 0.1) is 5.69 Å². The van der Waals surface area contributed by atoms with E-state index in [1.54, 1.807) is 37.3 Å². The number of anilines is 1. The standard InChI is InChI=1S/C19H18F4N4O2/c1-12-16(13-7-9-14(20)10-8-13)27(29-11-19(21,22)23)26(17(12)25-18(24)28)15-5-3-2-4-6-15/h2-10,16H,11H2,1H3,(H3,24,25,28). The van der Waals surface area contributed by atoms with E-state index < -0.39 is 30.7 Å². The SMILES string of the molecule is CC1=C(NC(N)=O)N(c2ccccc2)N(OCC(F)(F)F)C1c1ccc(F)cc1. The Morgan fingerprint density at radius 1 is 1.14 bits per heavy atom. The Balaban J connectivity index is 2.10. The van der Waals surface area contributed by atoms with E-state index in [9.17, 15) is 22.4 Å². The molecule has 0 aromatic heterocycles. The summed E-state index contributed by atoms with van der Waals surface area (Å²) in [6, 6.07) is 11.9. The van der Waals surface area contributed by atoms with Gasteiger partial charge in [0, 0.05) is 0 Å². The highest BCUT2D eigenvalue weighted by Gasteiger charge is 2.42. The van der Waals surface area contributed by atoms with Crippen molar-refractivity contribution in [1.82, 2.24) is 10.5 Å². The van der Waals surface area contributed by atoms with Crippen LogP contribution in [0.2, 0.25) is 0 Å². The third-order valence-electron chi connectivity index (χ3n) is 4.20. The van der Waals surface area contributed by atoms with E-state index in [-0.39, 0.29) is 5.82 Å². The molecular weight excluding hydrogens is 392 g/mol. The van der Waals surface area contributed by atoms with Crippen LogP contribution in [0.15, 0.2) is 66.0 Å². The fourth-order valence-electron chi connectivity index (χ4n) is 3.05. The molecular formula is C19H18F4N4O2. The minimum Gasteiger partial charge on any atom is -0.351 e. The smallest absolute Gasteiger partial charge is 0.351 e. The first-order valence-corrected chi connectivity index (χ1v) is 8.54. The van der Waals surface area contributed by atoms with Gasteiger partial charge in [0.1, 0.15) is 17.7 Å². The van der Waals surface area contributed by atoms with Crippen molar-refractivity contribution in [3.05, 3.63) is 77.4 Å². The Morgan fingerprint density at radius 2 is 1.76 bits per heavy atom. The second-order valence-electron chi connectivity index (χ2n) is 6.31. The second kappa shape index (κ2) is 8.10. The topological polar surface area (TPSA) is 70.8 Å². The summed E-state index contributed by atoms with van der Waals surface area (Å²) in [5.41, 5.74) is 6.63. The van der Waals surface area contributed by atoms with Gasteiger partial charge in [-0.15, -0.1) is 0 Å². The Bertz CT molecular complexity index is 901. The normalized spacial score (nSPS) is 17.7. The van der Waals surface area contributed by atoms with Crippen molar-refractivity contribution in [3.63, 3.8) is 0 Å². The molecule has 0 fully saturated rings. The van der Waals surface area contributed by atoms with E-state index in [1.807, 2.05) is 0 Å². The molecule has 154 valence electrons. The van der Waals surface area contributed by atoms with Gasteiger partial charge in [-0.1, -0.05) is 35.5 Å². The van der Waals surface area contributed by atoms with Gasteiger partial charge in [-0.3, -0.25) is 10.2 Å². The van der Waals surface area contributed by atoms with Crippen LogP contribution in [0.5, 0.6) is 0 Å². The monoisotopic (exact) mass is 410 g/mol. The Morgan fingerprint density at radius 3 is 2.31 bits per heavy atom. The largest absolute Gasteiger partial charge is 0.413 e. The number of halogens is 4. The lowest BCUT2D eigenvalue weighted by Crippen LogP contribution is -2.45. The zero-order valence-electron chi connectivity index (χ0n) is 15.3. The number of hydroxylamine groups is 1. The third-order valence-corrected chi connectivity index (χ3v) is 4.20. The first-order valence-electron chi connectivity index (χ1n) is 8.54. The van der Waals surface area contributed by atoms with Crippen molar-refractivity contribution < 1.29 is 27.2 Å². The summed E-state index contributed by atoms with van der Waals surface area (Å²) < 4.78 is 52.1. The summed E-state index contributed by atoms with van der Waals surface area (Å²) in [5.74, 6) is -0.341. The molecule has 10 heteroatoms. The van der Waals surface area contributed by atoms with Crippen LogP contribution in [0, 0.1) is 5.82 Å². The number of primary amides is 1. The number of carbonyl (C=O) groups is 1. The van der Waals surface area contributed by atoms with Crippen LogP contribution in [0.1, 0.15) is 18.5 Å². The molecule has 0 bridgehead atoms. The van der Waals surface area contributed by atoms with Gasteiger partial charge in [0.2, 0.25) is 0 Å². The van der Waals surface area contributed by atoms with E-state index in [1.165, 1.54) is 29.3 Å². The maximum atomic E-state index is 13.4. The maximum absolute atomic E-state index is 13.4. The fourth-order valence-corrected chi connectivity index (χ4v) is 3.05. The third kappa shape index (κ3) is 4.66. The molecule has 0 radical (unpaired) electrons. The van der Waals surface area contributed by atoms with E-state index >= 15 is 0 Å². The van der Waals surface area contributed by atoms with Gasteiger partial charge >= 0.3 is 12.2 Å². The summed E-state index contributed by atoms with van der Waals surface area (Å²) in [7, 11) is 0. The lowest BCUT2D eigenvalue weighted by molar-refractivity contribution is -0.261. The van der Waals surface area contributed by atoms with Gasteiger partial charge in [-0.25, -0.2) is 14.2 Å². The van der Waals surface area contributed by atoms with Gasteiger partial charge in [0.25, 0.3) is 0 Å². The lowest BCUT2D eigenvalue weighted by Gasteiger charge is -2.34. The van der Waals surface area contributed by atoms with Gasteiger partial charge in [-0.05, 0) is 42.3 Å². The van der Waals surface area contributed by atoms with E-state index in [0.29, 0.717) is 16.8 Å². The number of hydrogen-bond acceptors (Lipinski definition) is 4. The summed E-state index contributed by atoms with van der Waals surface area (Å²) in [5, 5.41) is 4.73.